The Morgan fingerprint density at radius 2 is 1.88 bits per heavy atom. The molecule has 1 fully saturated rings. The summed E-state index contributed by atoms with van der Waals surface area (Å²) in [4.78, 5) is 2.56. The number of halogens is 1. The van der Waals surface area contributed by atoms with Gasteiger partial charge in [0.1, 0.15) is 5.82 Å². The summed E-state index contributed by atoms with van der Waals surface area (Å²) in [5, 5.41) is 5.06. The molecule has 0 amide bonds. The summed E-state index contributed by atoms with van der Waals surface area (Å²) < 4.78 is 18.5. The van der Waals surface area contributed by atoms with Crippen molar-refractivity contribution in [3.63, 3.8) is 0 Å². The van der Waals surface area contributed by atoms with E-state index >= 15 is 0 Å². The average molecular weight is 352 g/mol. The maximum atomic E-state index is 13.2. The van der Waals surface area contributed by atoms with Crippen LogP contribution in [0.2, 0.25) is 0 Å². The standard InChI is InChI=1S/C22H25FN2O/c23-19-8-9-20-21(24-26-22(20)16-19)7-4-12-25-13-10-18(11-14-25)15-17-5-2-1-3-6-17/h1-3,5-6,8-9,16,18H,4,7,10-15H2. The molecule has 0 bridgehead atoms. The monoisotopic (exact) mass is 352 g/mol. The number of piperidine rings is 1. The highest BCUT2D eigenvalue weighted by Crippen LogP contribution is 2.23. The zero-order valence-electron chi connectivity index (χ0n) is 15.0. The lowest BCUT2D eigenvalue weighted by Gasteiger charge is -2.32. The second-order valence-corrected chi connectivity index (χ2v) is 7.35. The smallest absolute Gasteiger partial charge is 0.170 e. The molecule has 2 aromatic carbocycles. The van der Waals surface area contributed by atoms with Gasteiger partial charge in [-0.2, -0.15) is 0 Å². The number of rotatable bonds is 6. The first kappa shape index (κ1) is 17.2. The van der Waals surface area contributed by atoms with Crippen molar-refractivity contribution in [3.8, 4) is 0 Å². The summed E-state index contributed by atoms with van der Waals surface area (Å²) >= 11 is 0. The van der Waals surface area contributed by atoms with Gasteiger partial charge in [0, 0.05) is 11.5 Å². The van der Waals surface area contributed by atoms with Crippen LogP contribution in [0.15, 0.2) is 53.1 Å². The number of aromatic nitrogens is 1. The minimum atomic E-state index is -0.279. The zero-order valence-corrected chi connectivity index (χ0v) is 15.0. The van der Waals surface area contributed by atoms with Crippen molar-refractivity contribution < 1.29 is 8.91 Å². The van der Waals surface area contributed by atoms with Crippen LogP contribution in [0.3, 0.4) is 0 Å². The Morgan fingerprint density at radius 1 is 1.08 bits per heavy atom. The first-order valence-electron chi connectivity index (χ1n) is 9.58. The predicted molar refractivity (Wildman–Crippen MR) is 102 cm³/mol. The Labute approximate surface area is 153 Å². The predicted octanol–water partition coefficient (Wildman–Crippen LogP) is 4.85. The molecule has 0 saturated carbocycles. The molecule has 0 unspecified atom stereocenters. The van der Waals surface area contributed by atoms with Crippen LogP contribution in [0.25, 0.3) is 11.0 Å². The molecule has 2 heterocycles. The van der Waals surface area contributed by atoms with E-state index in [0.29, 0.717) is 5.58 Å². The van der Waals surface area contributed by atoms with Gasteiger partial charge in [0.2, 0.25) is 0 Å². The maximum absolute atomic E-state index is 13.2. The van der Waals surface area contributed by atoms with E-state index in [-0.39, 0.29) is 5.82 Å². The highest BCUT2D eigenvalue weighted by molar-refractivity contribution is 5.79. The summed E-state index contributed by atoms with van der Waals surface area (Å²) in [6, 6.07) is 15.5. The van der Waals surface area contributed by atoms with Crippen molar-refractivity contribution in [2.45, 2.75) is 32.1 Å². The molecule has 4 heteroatoms. The van der Waals surface area contributed by atoms with Gasteiger partial charge in [-0.1, -0.05) is 35.5 Å². The molecule has 1 saturated heterocycles. The zero-order chi connectivity index (χ0) is 17.8. The number of likely N-dealkylation sites (tertiary alicyclic amines) is 1. The van der Waals surface area contributed by atoms with Crippen LogP contribution in [-0.4, -0.2) is 29.7 Å². The van der Waals surface area contributed by atoms with Gasteiger partial charge in [-0.15, -0.1) is 0 Å². The minimum absolute atomic E-state index is 0.279. The largest absolute Gasteiger partial charge is 0.356 e. The first-order valence-corrected chi connectivity index (χ1v) is 9.58. The molecule has 0 atom stereocenters. The van der Waals surface area contributed by atoms with Crippen LogP contribution in [0.4, 0.5) is 4.39 Å². The second kappa shape index (κ2) is 8.00. The summed E-state index contributed by atoms with van der Waals surface area (Å²) in [7, 11) is 0. The van der Waals surface area contributed by atoms with Crippen LogP contribution in [0, 0.1) is 11.7 Å². The number of aryl methyl sites for hydroxylation is 1. The Kier molecular flexibility index (Phi) is 5.30. The van der Waals surface area contributed by atoms with Crippen molar-refractivity contribution in [3.05, 3.63) is 65.6 Å². The number of benzene rings is 2. The van der Waals surface area contributed by atoms with Crippen molar-refractivity contribution in [2.24, 2.45) is 5.92 Å². The van der Waals surface area contributed by atoms with Crippen LogP contribution < -0.4 is 0 Å². The molecule has 0 N–H and O–H groups in total. The summed E-state index contributed by atoms with van der Waals surface area (Å²) in [6.45, 7) is 3.46. The average Bonchev–Trinajstić information content (AvgIpc) is 3.06. The van der Waals surface area contributed by atoms with E-state index in [1.807, 2.05) is 0 Å². The lowest BCUT2D eigenvalue weighted by molar-refractivity contribution is 0.182. The highest BCUT2D eigenvalue weighted by atomic mass is 19.1. The molecular formula is C22H25FN2O. The quantitative estimate of drug-likeness (QED) is 0.635. The van der Waals surface area contributed by atoms with E-state index in [2.05, 4.69) is 40.4 Å². The van der Waals surface area contributed by atoms with Crippen LogP contribution in [-0.2, 0) is 12.8 Å². The molecule has 26 heavy (non-hydrogen) atoms. The molecule has 4 rings (SSSR count). The van der Waals surface area contributed by atoms with Gasteiger partial charge >= 0.3 is 0 Å². The fourth-order valence-electron chi connectivity index (χ4n) is 3.98. The van der Waals surface area contributed by atoms with Gasteiger partial charge in [0.05, 0.1) is 5.69 Å². The Balaban J connectivity index is 1.22. The van der Waals surface area contributed by atoms with Crippen molar-refractivity contribution in [1.29, 1.82) is 0 Å². The summed E-state index contributed by atoms with van der Waals surface area (Å²) in [6.07, 6.45) is 5.70. The minimum Gasteiger partial charge on any atom is -0.356 e. The van der Waals surface area contributed by atoms with Crippen LogP contribution in [0.5, 0.6) is 0 Å². The summed E-state index contributed by atoms with van der Waals surface area (Å²) in [5.41, 5.74) is 2.95. The van der Waals surface area contributed by atoms with Gasteiger partial charge in [-0.05, 0) is 75.4 Å². The fourth-order valence-corrected chi connectivity index (χ4v) is 3.98. The third kappa shape index (κ3) is 4.13. The molecule has 0 radical (unpaired) electrons. The molecule has 0 aliphatic carbocycles. The number of nitrogens with zero attached hydrogens (tertiary/aromatic N) is 2. The van der Waals surface area contributed by atoms with Gasteiger partial charge in [-0.3, -0.25) is 0 Å². The third-order valence-electron chi connectivity index (χ3n) is 5.47. The van der Waals surface area contributed by atoms with Crippen LogP contribution in [0.1, 0.15) is 30.5 Å². The number of fused-ring (bicyclic) bond motifs is 1. The maximum Gasteiger partial charge on any atom is 0.170 e. The second-order valence-electron chi connectivity index (χ2n) is 7.35. The lowest BCUT2D eigenvalue weighted by atomic mass is 9.90. The molecule has 3 aromatic rings. The van der Waals surface area contributed by atoms with Crippen molar-refractivity contribution in [2.75, 3.05) is 19.6 Å². The molecule has 136 valence electrons. The van der Waals surface area contributed by atoms with Gasteiger partial charge in [0.25, 0.3) is 0 Å². The van der Waals surface area contributed by atoms with Gasteiger partial charge in [-0.25, -0.2) is 4.39 Å². The third-order valence-corrected chi connectivity index (χ3v) is 5.47. The van der Waals surface area contributed by atoms with E-state index in [0.717, 1.165) is 36.4 Å². The Bertz CT molecular complexity index is 838. The molecule has 0 spiro atoms. The van der Waals surface area contributed by atoms with Gasteiger partial charge < -0.3 is 9.42 Å². The number of hydrogen-bond acceptors (Lipinski definition) is 3. The Hall–Kier alpha value is -2.20. The van der Waals surface area contributed by atoms with Crippen LogP contribution >= 0.6 is 0 Å². The van der Waals surface area contributed by atoms with E-state index < -0.39 is 0 Å². The van der Waals surface area contributed by atoms with Crippen molar-refractivity contribution in [1.82, 2.24) is 10.1 Å². The van der Waals surface area contributed by atoms with E-state index in [4.69, 9.17) is 4.52 Å². The molecular weight excluding hydrogens is 327 g/mol. The SMILES string of the molecule is Fc1ccc2c(CCCN3CCC(Cc4ccccc4)CC3)noc2c1. The van der Waals surface area contributed by atoms with E-state index in [1.54, 1.807) is 6.07 Å². The van der Waals surface area contributed by atoms with Crippen molar-refractivity contribution >= 4 is 11.0 Å². The molecule has 1 aliphatic heterocycles. The first-order chi connectivity index (χ1) is 12.8. The molecule has 3 nitrogen and oxygen atoms in total. The normalized spacial score (nSPS) is 16.3. The van der Waals surface area contributed by atoms with E-state index in [9.17, 15) is 4.39 Å². The highest BCUT2D eigenvalue weighted by Gasteiger charge is 2.19. The van der Waals surface area contributed by atoms with E-state index in [1.165, 1.54) is 50.0 Å². The Morgan fingerprint density at radius 3 is 2.69 bits per heavy atom. The lowest BCUT2D eigenvalue weighted by Crippen LogP contribution is -2.35. The molecule has 1 aliphatic rings. The number of hydrogen-bond donors (Lipinski definition) is 0. The topological polar surface area (TPSA) is 29.3 Å². The van der Waals surface area contributed by atoms with Gasteiger partial charge in [0.15, 0.2) is 5.58 Å². The fraction of sp³-hybridized carbons (Fsp3) is 0.409. The summed E-state index contributed by atoms with van der Waals surface area (Å²) in [5.74, 6) is 0.529. The molecule has 1 aromatic heterocycles.